The molecule has 1 aliphatic heterocycles. The molecular formula is C17H15NO2. The Morgan fingerprint density at radius 2 is 1.60 bits per heavy atom. The number of rotatable bonds is 3. The third kappa shape index (κ3) is 2.48. The second-order valence-electron chi connectivity index (χ2n) is 4.97. The predicted molar refractivity (Wildman–Crippen MR) is 77.4 cm³/mol. The highest BCUT2D eigenvalue weighted by atomic mass is 16.2. The van der Waals surface area contributed by atoms with E-state index < -0.39 is 0 Å². The van der Waals surface area contributed by atoms with Crippen LogP contribution in [0.4, 0.5) is 0 Å². The number of ketones is 1. The van der Waals surface area contributed by atoms with Crippen LogP contribution >= 0.6 is 0 Å². The fraction of sp³-hybridized carbons (Fsp3) is 0.176. The van der Waals surface area contributed by atoms with Crippen molar-refractivity contribution in [3.8, 4) is 11.1 Å². The molecule has 3 heteroatoms. The highest BCUT2D eigenvalue weighted by Gasteiger charge is 2.27. The zero-order valence-electron chi connectivity index (χ0n) is 11.0. The Hall–Kier alpha value is -2.42. The Morgan fingerprint density at radius 3 is 2.20 bits per heavy atom. The number of amides is 1. The Labute approximate surface area is 117 Å². The standard InChI is InChI=1S/C17H15NO2/c19-16-11-10-15(18-16)17(20)14-8-6-13(7-9-14)12-4-2-1-3-5-12/h1-9,15H,10-11H2,(H,18,19)/t15-/m0/s1. The van der Waals surface area contributed by atoms with E-state index in [1.165, 1.54) is 0 Å². The quantitative estimate of drug-likeness (QED) is 0.867. The zero-order valence-corrected chi connectivity index (χ0v) is 11.0. The molecule has 1 heterocycles. The number of benzene rings is 2. The number of hydrogen-bond acceptors (Lipinski definition) is 2. The smallest absolute Gasteiger partial charge is 0.220 e. The van der Waals surface area contributed by atoms with Gasteiger partial charge in [-0.2, -0.15) is 0 Å². The van der Waals surface area contributed by atoms with Crippen LogP contribution < -0.4 is 5.32 Å². The first kappa shape index (κ1) is 12.6. The van der Waals surface area contributed by atoms with Crippen LogP contribution in [0.3, 0.4) is 0 Å². The minimum atomic E-state index is -0.356. The summed E-state index contributed by atoms with van der Waals surface area (Å²) >= 11 is 0. The number of Topliss-reactive ketones (excluding diaryl/α,β-unsaturated/α-hetero) is 1. The molecule has 1 saturated heterocycles. The van der Waals surface area contributed by atoms with E-state index in [0.29, 0.717) is 18.4 Å². The van der Waals surface area contributed by atoms with Gasteiger partial charge in [0, 0.05) is 12.0 Å². The summed E-state index contributed by atoms with van der Waals surface area (Å²) in [4.78, 5) is 23.4. The molecule has 0 aromatic heterocycles. The molecule has 1 amide bonds. The molecule has 100 valence electrons. The Morgan fingerprint density at radius 1 is 0.950 bits per heavy atom. The summed E-state index contributed by atoms with van der Waals surface area (Å²) in [6, 6.07) is 17.2. The van der Waals surface area contributed by atoms with Gasteiger partial charge in [0.2, 0.25) is 5.91 Å². The van der Waals surface area contributed by atoms with Gasteiger partial charge in [0.15, 0.2) is 5.78 Å². The fourth-order valence-corrected chi connectivity index (χ4v) is 2.47. The van der Waals surface area contributed by atoms with Gasteiger partial charge in [-0.25, -0.2) is 0 Å². The molecule has 1 fully saturated rings. The van der Waals surface area contributed by atoms with E-state index in [-0.39, 0.29) is 17.7 Å². The Bertz CT molecular complexity index is 632. The number of carbonyl (C=O) groups is 2. The van der Waals surface area contributed by atoms with Gasteiger partial charge in [0.1, 0.15) is 0 Å². The van der Waals surface area contributed by atoms with E-state index >= 15 is 0 Å². The maximum absolute atomic E-state index is 12.2. The van der Waals surface area contributed by atoms with E-state index in [9.17, 15) is 9.59 Å². The third-order valence-corrected chi connectivity index (χ3v) is 3.59. The molecule has 0 saturated carbocycles. The summed E-state index contributed by atoms with van der Waals surface area (Å²) in [5.74, 6) is -0.0419. The van der Waals surface area contributed by atoms with Crippen LogP contribution in [-0.4, -0.2) is 17.7 Å². The average Bonchev–Trinajstić information content (AvgIpc) is 2.94. The first-order chi connectivity index (χ1) is 9.74. The lowest BCUT2D eigenvalue weighted by Gasteiger charge is -2.09. The molecule has 1 atom stereocenters. The molecule has 0 radical (unpaired) electrons. The number of hydrogen-bond donors (Lipinski definition) is 1. The second-order valence-corrected chi connectivity index (χ2v) is 4.97. The molecule has 1 N–H and O–H groups in total. The fourth-order valence-electron chi connectivity index (χ4n) is 2.47. The highest BCUT2D eigenvalue weighted by molar-refractivity contribution is 6.03. The van der Waals surface area contributed by atoms with Crippen molar-refractivity contribution in [1.82, 2.24) is 5.32 Å². The minimum Gasteiger partial charge on any atom is -0.346 e. The van der Waals surface area contributed by atoms with Gasteiger partial charge in [0.05, 0.1) is 6.04 Å². The normalized spacial score (nSPS) is 17.8. The molecule has 3 nitrogen and oxygen atoms in total. The average molecular weight is 265 g/mol. The first-order valence-electron chi connectivity index (χ1n) is 6.73. The van der Waals surface area contributed by atoms with Gasteiger partial charge in [-0.1, -0.05) is 54.6 Å². The van der Waals surface area contributed by atoms with Crippen LogP contribution in [0.25, 0.3) is 11.1 Å². The summed E-state index contributed by atoms with van der Waals surface area (Å²) in [5, 5.41) is 2.71. The van der Waals surface area contributed by atoms with Crippen molar-refractivity contribution < 1.29 is 9.59 Å². The van der Waals surface area contributed by atoms with Crippen LogP contribution in [0.1, 0.15) is 23.2 Å². The Balaban J connectivity index is 1.79. The van der Waals surface area contributed by atoms with Crippen LogP contribution in [0.5, 0.6) is 0 Å². The van der Waals surface area contributed by atoms with Crippen molar-refractivity contribution in [2.24, 2.45) is 0 Å². The second kappa shape index (κ2) is 5.29. The first-order valence-corrected chi connectivity index (χ1v) is 6.73. The van der Waals surface area contributed by atoms with Crippen LogP contribution in [0.2, 0.25) is 0 Å². The van der Waals surface area contributed by atoms with E-state index in [4.69, 9.17) is 0 Å². The lowest BCUT2D eigenvalue weighted by atomic mass is 9.99. The predicted octanol–water partition coefficient (Wildman–Crippen LogP) is 2.81. The van der Waals surface area contributed by atoms with Gasteiger partial charge in [-0.05, 0) is 17.5 Å². The van der Waals surface area contributed by atoms with Crippen molar-refractivity contribution in [3.63, 3.8) is 0 Å². The van der Waals surface area contributed by atoms with Crippen LogP contribution in [0.15, 0.2) is 54.6 Å². The third-order valence-electron chi connectivity index (χ3n) is 3.59. The SMILES string of the molecule is O=C1CC[C@@H](C(=O)c2ccc(-c3ccccc3)cc2)N1. The van der Waals surface area contributed by atoms with Gasteiger partial charge in [-0.15, -0.1) is 0 Å². The van der Waals surface area contributed by atoms with Crippen LogP contribution in [-0.2, 0) is 4.79 Å². The number of nitrogens with one attached hydrogen (secondary N) is 1. The van der Waals surface area contributed by atoms with Crippen LogP contribution in [0, 0.1) is 0 Å². The van der Waals surface area contributed by atoms with E-state index in [1.807, 2.05) is 54.6 Å². The summed E-state index contributed by atoms with van der Waals surface area (Å²) in [5.41, 5.74) is 2.86. The molecule has 0 aliphatic carbocycles. The van der Waals surface area contributed by atoms with Crippen molar-refractivity contribution in [1.29, 1.82) is 0 Å². The van der Waals surface area contributed by atoms with E-state index in [2.05, 4.69) is 5.32 Å². The largest absolute Gasteiger partial charge is 0.346 e. The molecule has 20 heavy (non-hydrogen) atoms. The molecule has 0 spiro atoms. The zero-order chi connectivity index (χ0) is 13.9. The summed E-state index contributed by atoms with van der Waals surface area (Å²) in [6.45, 7) is 0. The van der Waals surface area contributed by atoms with Crippen molar-refractivity contribution in [2.45, 2.75) is 18.9 Å². The minimum absolute atomic E-state index is 0.00420. The molecule has 3 rings (SSSR count). The molecule has 1 aliphatic rings. The molecule has 0 bridgehead atoms. The van der Waals surface area contributed by atoms with Crippen molar-refractivity contribution in [3.05, 3.63) is 60.2 Å². The summed E-state index contributed by atoms with van der Waals surface area (Å²) in [6.07, 6.45) is 1.04. The van der Waals surface area contributed by atoms with Gasteiger partial charge >= 0.3 is 0 Å². The maximum Gasteiger partial charge on any atom is 0.220 e. The van der Waals surface area contributed by atoms with Crippen molar-refractivity contribution >= 4 is 11.7 Å². The molecule has 2 aromatic rings. The molecule has 2 aromatic carbocycles. The Kier molecular flexibility index (Phi) is 3.33. The lowest BCUT2D eigenvalue weighted by molar-refractivity contribution is -0.119. The van der Waals surface area contributed by atoms with Gasteiger partial charge < -0.3 is 5.32 Å². The molecular weight excluding hydrogens is 250 g/mol. The monoisotopic (exact) mass is 265 g/mol. The topological polar surface area (TPSA) is 46.2 Å². The van der Waals surface area contributed by atoms with Crippen molar-refractivity contribution in [2.75, 3.05) is 0 Å². The highest BCUT2D eigenvalue weighted by Crippen LogP contribution is 2.20. The van der Waals surface area contributed by atoms with E-state index in [0.717, 1.165) is 11.1 Å². The van der Waals surface area contributed by atoms with Gasteiger partial charge in [-0.3, -0.25) is 9.59 Å². The maximum atomic E-state index is 12.2. The van der Waals surface area contributed by atoms with Gasteiger partial charge in [0.25, 0.3) is 0 Å². The number of carbonyl (C=O) groups excluding carboxylic acids is 2. The molecule has 0 unspecified atom stereocenters. The lowest BCUT2D eigenvalue weighted by Crippen LogP contribution is -2.33. The summed E-state index contributed by atoms with van der Waals surface area (Å²) < 4.78 is 0. The van der Waals surface area contributed by atoms with E-state index in [1.54, 1.807) is 0 Å². The summed E-state index contributed by atoms with van der Waals surface area (Å²) in [7, 11) is 0.